The number of rotatable bonds is 6. The maximum atomic E-state index is 11.4. The van der Waals surface area contributed by atoms with Crippen LogP contribution in [-0.2, 0) is 9.59 Å². The topological polar surface area (TPSA) is 95.9 Å². The van der Waals surface area contributed by atoms with E-state index >= 15 is 0 Å². The second-order valence-corrected chi connectivity index (χ2v) is 3.69. The van der Waals surface area contributed by atoms with Gasteiger partial charge in [-0.3, -0.25) is 4.79 Å². The van der Waals surface area contributed by atoms with Crippen LogP contribution in [0.2, 0.25) is 0 Å². The molecule has 0 aliphatic heterocycles. The summed E-state index contributed by atoms with van der Waals surface area (Å²) in [5.41, 5.74) is 0.770. The highest BCUT2D eigenvalue weighted by Gasteiger charge is 2.16. The molecule has 0 saturated heterocycles. The number of nitrogens with one attached hydrogen (secondary N) is 1. The minimum Gasteiger partial charge on any atom is -0.497 e. The summed E-state index contributed by atoms with van der Waals surface area (Å²) in [7, 11) is 1.55. The van der Waals surface area contributed by atoms with Gasteiger partial charge in [0.05, 0.1) is 13.7 Å². The highest BCUT2D eigenvalue weighted by molar-refractivity contribution is 5.94. The number of methoxy groups -OCH3 is 1. The monoisotopic (exact) mass is 265 g/mol. The van der Waals surface area contributed by atoms with Gasteiger partial charge in [0.15, 0.2) is 6.04 Å². The van der Waals surface area contributed by atoms with Crippen LogP contribution in [0.3, 0.4) is 0 Å². The first-order valence-electron chi connectivity index (χ1n) is 5.53. The summed E-state index contributed by atoms with van der Waals surface area (Å²) in [4.78, 5) is 22.0. The van der Waals surface area contributed by atoms with Crippen molar-refractivity contribution < 1.29 is 24.5 Å². The Kier molecular flexibility index (Phi) is 5.56. The van der Waals surface area contributed by atoms with E-state index in [0.717, 1.165) is 5.56 Å². The zero-order chi connectivity index (χ0) is 14.3. The molecule has 0 aromatic heterocycles. The molecular weight excluding hydrogens is 250 g/mol. The molecule has 1 rings (SSSR count). The lowest BCUT2D eigenvalue weighted by Crippen LogP contribution is -2.42. The van der Waals surface area contributed by atoms with Gasteiger partial charge in [-0.25, -0.2) is 4.79 Å². The molecule has 1 unspecified atom stereocenters. The lowest BCUT2D eigenvalue weighted by atomic mass is 10.2. The molecule has 0 aliphatic rings. The van der Waals surface area contributed by atoms with E-state index < -0.39 is 24.5 Å². The number of carboxylic acids is 1. The Labute approximate surface area is 110 Å². The van der Waals surface area contributed by atoms with Crippen molar-refractivity contribution in [3.8, 4) is 5.75 Å². The number of benzene rings is 1. The summed E-state index contributed by atoms with van der Waals surface area (Å²) in [5, 5.41) is 19.6. The Bertz CT molecular complexity index is 466. The van der Waals surface area contributed by atoms with Crippen molar-refractivity contribution in [1.29, 1.82) is 0 Å². The molecule has 0 radical (unpaired) electrons. The average Bonchev–Trinajstić information content (AvgIpc) is 2.42. The molecule has 0 fully saturated rings. The number of carbonyl (C=O) groups is 2. The summed E-state index contributed by atoms with van der Waals surface area (Å²) >= 11 is 0. The second-order valence-electron chi connectivity index (χ2n) is 3.69. The number of amides is 1. The fraction of sp³-hybridized carbons (Fsp3) is 0.231. The number of carbonyl (C=O) groups excluding carboxylic acids is 1. The standard InChI is InChI=1S/C13H15NO5/c1-19-10-5-2-9(3-6-10)4-7-12(16)14-11(8-15)13(17)18/h2-7,11,15H,8H2,1H3,(H,14,16)(H,17,18)/b7-4+. The Morgan fingerprint density at radius 3 is 2.47 bits per heavy atom. The van der Waals surface area contributed by atoms with Gasteiger partial charge >= 0.3 is 5.97 Å². The first-order chi connectivity index (χ1) is 9.06. The molecule has 0 spiro atoms. The third kappa shape index (κ3) is 4.81. The minimum atomic E-state index is -1.30. The molecular formula is C13H15NO5. The van der Waals surface area contributed by atoms with Crippen LogP contribution in [0.4, 0.5) is 0 Å². The SMILES string of the molecule is COc1ccc(/C=C/C(=O)NC(CO)C(=O)O)cc1. The average molecular weight is 265 g/mol. The van der Waals surface area contributed by atoms with E-state index in [9.17, 15) is 9.59 Å². The fourth-order valence-electron chi connectivity index (χ4n) is 1.29. The molecule has 102 valence electrons. The molecule has 0 saturated carbocycles. The molecule has 0 aliphatic carbocycles. The van der Waals surface area contributed by atoms with Crippen LogP contribution in [0.5, 0.6) is 5.75 Å². The normalized spacial score (nSPS) is 12.1. The van der Waals surface area contributed by atoms with Crippen molar-refractivity contribution in [2.75, 3.05) is 13.7 Å². The molecule has 1 amide bonds. The van der Waals surface area contributed by atoms with Gasteiger partial charge in [-0.15, -0.1) is 0 Å². The van der Waals surface area contributed by atoms with Gasteiger partial charge < -0.3 is 20.3 Å². The van der Waals surface area contributed by atoms with Gasteiger partial charge in [0.25, 0.3) is 0 Å². The van der Waals surface area contributed by atoms with Crippen LogP contribution in [0.15, 0.2) is 30.3 Å². The van der Waals surface area contributed by atoms with Crippen LogP contribution in [0, 0.1) is 0 Å². The Morgan fingerprint density at radius 2 is 2.00 bits per heavy atom. The van der Waals surface area contributed by atoms with E-state index in [2.05, 4.69) is 5.32 Å². The largest absolute Gasteiger partial charge is 0.497 e. The van der Waals surface area contributed by atoms with Crippen LogP contribution >= 0.6 is 0 Å². The van der Waals surface area contributed by atoms with E-state index in [1.807, 2.05) is 0 Å². The smallest absolute Gasteiger partial charge is 0.328 e. The maximum Gasteiger partial charge on any atom is 0.328 e. The predicted octanol–water partition coefficient (Wildman–Crippen LogP) is 0.270. The molecule has 3 N–H and O–H groups in total. The molecule has 6 nitrogen and oxygen atoms in total. The number of hydrogen-bond acceptors (Lipinski definition) is 4. The highest BCUT2D eigenvalue weighted by atomic mass is 16.5. The van der Waals surface area contributed by atoms with Crippen LogP contribution < -0.4 is 10.1 Å². The summed E-state index contributed by atoms with van der Waals surface area (Å²) in [5.74, 6) is -1.17. The molecule has 0 bridgehead atoms. The summed E-state index contributed by atoms with van der Waals surface area (Å²) in [6.07, 6.45) is 2.73. The van der Waals surface area contributed by atoms with E-state index in [-0.39, 0.29) is 0 Å². The number of hydrogen-bond donors (Lipinski definition) is 3. The van der Waals surface area contributed by atoms with Gasteiger partial charge in [0.1, 0.15) is 5.75 Å². The van der Waals surface area contributed by atoms with Gasteiger partial charge in [-0.1, -0.05) is 12.1 Å². The molecule has 19 heavy (non-hydrogen) atoms. The number of carboxylic acid groups (broad SMARTS) is 1. The zero-order valence-electron chi connectivity index (χ0n) is 10.4. The van der Waals surface area contributed by atoms with Gasteiger partial charge in [0.2, 0.25) is 5.91 Å². The Hall–Kier alpha value is -2.34. The molecule has 1 aromatic carbocycles. The van der Waals surface area contributed by atoms with Gasteiger partial charge in [0, 0.05) is 6.08 Å². The first-order valence-corrected chi connectivity index (χ1v) is 5.53. The van der Waals surface area contributed by atoms with Gasteiger partial charge in [-0.05, 0) is 23.8 Å². The predicted molar refractivity (Wildman–Crippen MR) is 68.7 cm³/mol. The van der Waals surface area contributed by atoms with E-state index in [1.54, 1.807) is 31.4 Å². The van der Waals surface area contributed by atoms with Crippen molar-refractivity contribution in [2.45, 2.75) is 6.04 Å². The number of aliphatic hydroxyl groups excluding tert-OH is 1. The van der Waals surface area contributed by atoms with E-state index in [4.69, 9.17) is 14.9 Å². The molecule has 0 heterocycles. The summed E-state index contributed by atoms with van der Waals surface area (Å²) < 4.78 is 4.99. The van der Waals surface area contributed by atoms with Crippen molar-refractivity contribution in [3.63, 3.8) is 0 Å². The zero-order valence-corrected chi connectivity index (χ0v) is 10.4. The lowest BCUT2D eigenvalue weighted by molar-refractivity contribution is -0.142. The number of ether oxygens (including phenoxy) is 1. The second kappa shape index (κ2) is 7.17. The first kappa shape index (κ1) is 14.7. The minimum absolute atomic E-state index is 0.586. The van der Waals surface area contributed by atoms with Gasteiger partial charge in [-0.2, -0.15) is 0 Å². The maximum absolute atomic E-state index is 11.4. The Morgan fingerprint density at radius 1 is 1.37 bits per heavy atom. The molecule has 1 aromatic rings. The van der Waals surface area contributed by atoms with Crippen molar-refractivity contribution >= 4 is 18.0 Å². The van der Waals surface area contributed by atoms with Crippen molar-refractivity contribution in [3.05, 3.63) is 35.9 Å². The number of aliphatic carboxylic acids is 1. The lowest BCUT2D eigenvalue weighted by Gasteiger charge is -2.09. The van der Waals surface area contributed by atoms with E-state index in [0.29, 0.717) is 5.75 Å². The van der Waals surface area contributed by atoms with Crippen LogP contribution in [0.25, 0.3) is 6.08 Å². The van der Waals surface area contributed by atoms with Crippen LogP contribution in [0.1, 0.15) is 5.56 Å². The van der Waals surface area contributed by atoms with Crippen LogP contribution in [-0.4, -0.2) is 41.8 Å². The fourth-order valence-corrected chi connectivity index (χ4v) is 1.29. The third-order valence-corrected chi connectivity index (χ3v) is 2.34. The molecule has 1 atom stereocenters. The Balaban J connectivity index is 2.59. The highest BCUT2D eigenvalue weighted by Crippen LogP contribution is 2.12. The summed E-state index contributed by atoms with van der Waals surface area (Å²) in [6.45, 7) is -0.655. The number of aliphatic hydroxyl groups is 1. The van der Waals surface area contributed by atoms with Crippen molar-refractivity contribution in [1.82, 2.24) is 5.32 Å². The quantitative estimate of drug-likeness (QED) is 0.642. The molecule has 6 heteroatoms. The van der Waals surface area contributed by atoms with Crippen molar-refractivity contribution in [2.24, 2.45) is 0 Å². The summed E-state index contributed by atoms with van der Waals surface area (Å²) in [6, 6.07) is 5.69. The van der Waals surface area contributed by atoms with E-state index in [1.165, 1.54) is 12.2 Å². The third-order valence-electron chi connectivity index (χ3n) is 2.34.